The molecule has 0 atom stereocenters. The summed E-state index contributed by atoms with van der Waals surface area (Å²) in [4.78, 5) is 12.2. The van der Waals surface area contributed by atoms with E-state index in [-0.39, 0.29) is 12.3 Å². The van der Waals surface area contributed by atoms with Crippen molar-refractivity contribution in [1.82, 2.24) is 5.32 Å². The lowest BCUT2D eigenvalue weighted by molar-refractivity contribution is -0.120. The van der Waals surface area contributed by atoms with Crippen LogP contribution in [0.4, 0.5) is 0 Å². The number of hydrogen-bond donors (Lipinski definition) is 1. The number of rotatable bonds is 8. The molecule has 0 saturated carbocycles. The van der Waals surface area contributed by atoms with Gasteiger partial charge in [-0.2, -0.15) is 0 Å². The average Bonchev–Trinajstić information content (AvgIpc) is 2.60. The third-order valence-corrected chi connectivity index (χ3v) is 3.92. The first-order valence-corrected chi connectivity index (χ1v) is 8.21. The number of amides is 1. The maximum atomic E-state index is 12.2. The highest BCUT2D eigenvalue weighted by Gasteiger charge is 2.10. The number of nitrogens with one attached hydrogen (secondary N) is 1. The lowest BCUT2D eigenvalue weighted by atomic mass is 10.1. The van der Waals surface area contributed by atoms with Crippen molar-refractivity contribution in [2.24, 2.45) is 0 Å². The second-order valence-corrected chi connectivity index (χ2v) is 5.77. The smallest absolute Gasteiger partial charge is 0.224 e. The molecule has 0 aliphatic rings. The van der Waals surface area contributed by atoms with Crippen LogP contribution < -0.4 is 19.5 Å². The zero-order chi connectivity index (χ0) is 18.2. The molecule has 5 nitrogen and oxygen atoms in total. The first-order valence-electron chi connectivity index (χ1n) is 8.21. The van der Waals surface area contributed by atoms with Crippen LogP contribution in [0.2, 0.25) is 0 Å². The largest absolute Gasteiger partial charge is 0.497 e. The summed E-state index contributed by atoms with van der Waals surface area (Å²) < 4.78 is 16.3. The van der Waals surface area contributed by atoms with Crippen LogP contribution in [0, 0.1) is 13.8 Å². The van der Waals surface area contributed by atoms with Gasteiger partial charge in [-0.05, 0) is 43.2 Å². The Kier molecular flexibility index (Phi) is 6.69. The number of methoxy groups -OCH3 is 2. The Morgan fingerprint density at radius 3 is 2.40 bits per heavy atom. The predicted molar refractivity (Wildman–Crippen MR) is 97.7 cm³/mol. The van der Waals surface area contributed by atoms with E-state index in [4.69, 9.17) is 14.2 Å². The van der Waals surface area contributed by atoms with Crippen molar-refractivity contribution < 1.29 is 19.0 Å². The van der Waals surface area contributed by atoms with Crippen LogP contribution >= 0.6 is 0 Å². The second kappa shape index (κ2) is 8.97. The third-order valence-electron chi connectivity index (χ3n) is 3.92. The van der Waals surface area contributed by atoms with Crippen LogP contribution in [0.15, 0.2) is 36.4 Å². The fourth-order valence-electron chi connectivity index (χ4n) is 2.63. The lowest BCUT2D eigenvalue weighted by Crippen LogP contribution is -2.29. The Labute approximate surface area is 148 Å². The Balaban J connectivity index is 1.85. The number of para-hydroxylation sites is 1. The summed E-state index contributed by atoms with van der Waals surface area (Å²) in [7, 11) is 3.18. The standard InChI is InChI=1S/C20H25NO4/c1-14-6-5-7-15(2)20(14)25-11-10-21-19(22)13-16-12-17(23-3)8-9-18(16)24-4/h5-9,12H,10-11,13H2,1-4H3,(H,21,22). The summed E-state index contributed by atoms with van der Waals surface area (Å²) in [5.74, 6) is 2.16. The maximum Gasteiger partial charge on any atom is 0.224 e. The number of hydrogen-bond acceptors (Lipinski definition) is 4. The van der Waals surface area contributed by atoms with Crippen LogP contribution in [0.3, 0.4) is 0 Å². The molecule has 0 heterocycles. The molecule has 0 aliphatic heterocycles. The summed E-state index contributed by atoms with van der Waals surface area (Å²) in [6.07, 6.45) is 0.226. The van der Waals surface area contributed by atoms with Crippen LogP contribution in [0.1, 0.15) is 16.7 Å². The molecular formula is C20H25NO4. The van der Waals surface area contributed by atoms with Gasteiger partial charge in [-0.15, -0.1) is 0 Å². The van der Waals surface area contributed by atoms with Gasteiger partial charge in [0.15, 0.2) is 0 Å². The van der Waals surface area contributed by atoms with Gasteiger partial charge in [0, 0.05) is 5.56 Å². The average molecular weight is 343 g/mol. The molecule has 25 heavy (non-hydrogen) atoms. The van der Waals surface area contributed by atoms with Crippen molar-refractivity contribution in [2.45, 2.75) is 20.3 Å². The Morgan fingerprint density at radius 2 is 1.76 bits per heavy atom. The van der Waals surface area contributed by atoms with E-state index in [1.165, 1.54) is 0 Å². The van der Waals surface area contributed by atoms with Crippen LogP contribution in [-0.2, 0) is 11.2 Å². The molecule has 2 aromatic carbocycles. The van der Waals surface area contributed by atoms with Crippen LogP contribution in [0.5, 0.6) is 17.2 Å². The third kappa shape index (κ3) is 5.14. The molecule has 0 radical (unpaired) electrons. The van der Waals surface area contributed by atoms with Gasteiger partial charge >= 0.3 is 0 Å². The van der Waals surface area contributed by atoms with E-state index < -0.39 is 0 Å². The summed E-state index contributed by atoms with van der Waals surface area (Å²) in [6.45, 7) is 4.89. The number of aryl methyl sites for hydroxylation is 2. The number of ether oxygens (including phenoxy) is 3. The Hall–Kier alpha value is -2.69. The number of carbonyl (C=O) groups is 1. The quantitative estimate of drug-likeness (QED) is 0.749. The van der Waals surface area contributed by atoms with Gasteiger partial charge in [0.05, 0.1) is 27.2 Å². The number of carbonyl (C=O) groups excluding carboxylic acids is 1. The van der Waals surface area contributed by atoms with Crippen LogP contribution in [-0.4, -0.2) is 33.3 Å². The van der Waals surface area contributed by atoms with Gasteiger partial charge in [-0.25, -0.2) is 0 Å². The molecule has 0 aliphatic carbocycles. The molecule has 0 aromatic heterocycles. The topological polar surface area (TPSA) is 56.8 Å². The van der Waals surface area contributed by atoms with E-state index in [0.717, 1.165) is 22.4 Å². The Morgan fingerprint density at radius 1 is 1.04 bits per heavy atom. The molecule has 1 N–H and O–H groups in total. The van der Waals surface area contributed by atoms with E-state index in [1.54, 1.807) is 26.4 Å². The van der Waals surface area contributed by atoms with E-state index >= 15 is 0 Å². The predicted octanol–water partition coefficient (Wildman–Crippen LogP) is 3.06. The van der Waals surface area contributed by atoms with E-state index in [1.807, 2.05) is 38.1 Å². The molecular weight excluding hydrogens is 318 g/mol. The molecule has 0 bridgehead atoms. The number of benzene rings is 2. The van der Waals surface area contributed by atoms with E-state index in [0.29, 0.717) is 24.7 Å². The highest BCUT2D eigenvalue weighted by molar-refractivity contribution is 5.79. The second-order valence-electron chi connectivity index (χ2n) is 5.77. The van der Waals surface area contributed by atoms with Crippen LogP contribution in [0.25, 0.3) is 0 Å². The summed E-state index contributed by atoms with van der Waals surface area (Å²) in [5.41, 5.74) is 2.97. The summed E-state index contributed by atoms with van der Waals surface area (Å²) in [5, 5.41) is 2.87. The van der Waals surface area contributed by atoms with Gasteiger partial charge in [0.1, 0.15) is 23.9 Å². The van der Waals surface area contributed by atoms with Crippen molar-refractivity contribution in [2.75, 3.05) is 27.4 Å². The monoisotopic (exact) mass is 343 g/mol. The molecule has 0 spiro atoms. The highest BCUT2D eigenvalue weighted by atomic mass is 16.5. The molecule has 1 amide bonds. The molecule has 0 fully saturated rings. The molecule has 0 unspecified atom stereocenters. The van der Waals surface area contributed by atoms with Gasteiger partial charge in [0.2, 0.25) is 5.91 Å². The van der Waals surface area contributed by atoms with Gasteiger partial charge in [-0.3, -0.25) is 4.79 Å². The molecule has 5 heteroatoms. The minimum Gasteiger partial charge on any atom is -0.497 e. The van der Waals surface area contributed by atoms with Crippen molar-refractivity contribution in [3.8, 4) is 17.2 Å². The molecule has 2 aromatic rings. The van der Waals surface area contributed by atoms with E-state index in [9.17, 15) is 4.79 Å². The fraction of sp³-hybridized carbons (Fsp3) is 0.350. The normalized spacial score (nSPS) is 10.2. The minimum atomic E-state index is -0.0864. The Bertz CT molecular complexity index is 707. The molecule has 134 valence electrons. The lowest BCUT2D eigenvalue weighted by Gasteiger charge is -2.13. The minimum absolute atomic E-state index is 0.0864. The van der Waals surface area contributed by atoms with Crippen molar-refractivity contribution in [3.63, 3.8) is 0 Å². The van der Waals surface area contributed by atoms with Crippen molar-refractivity contribution in [1.29, 1.82) is 0 Å². The first-order chi connectivity index (χ1) is 12.0. The zero-order valence-corrected chi connectivity index (χ0v) is 15.2. The fourth-order valence-corrected chi connectivity index (χ4v) is 2.63. The van der Waals surface area contributed by atoms with Gasteiger partial charge < -0.3 is 19.5 Å². The van der Waals surface area contributed by atoms with Gasteiger partial charge in [0.25, 0.3) is 0 Å². The SMILES string of the molecule is COc1ccc(OC)c(CC(=O)NCCOc2c(C)cccc2C)c1. The summed E-state index contributed by atoms with van der Waals surface area (Å²) in [6, 6.07) is 11.4. The van der Waals surface area contributed by atoms with Gasteiger partial charge in [-0.1, -0.05) is 18.2 Å². The molecule has 2 rings (SSSR count). The summed E-state index contributed by atoms with van der Waals surface area (Å²) >= 11 is 0. The highest BCUT2D eigenvalue weighted by Crippen LogP contribution is 2.24. The zero-order valence-electron chi connectivity index (χ0n) is 15.2. The van der Waals surface area contributed by atoms with Crippen molar-refractivity contribution >= 4 is 5.91 Å². The molecule has 0 saturated heterocycles. The first kappa shape index (κ1) is 18.6. The van der Waals surface area contributed by atoms with Crippen molar-refractivity contribution in [3.05, 3.63) is 53.1 Å². The van der Waals surface area contributed by atoms with E-state index in [2.05, 4.69) is 5.32 Å². The maximum absolute atomic E-state index is 12.2.